The van der Waals surface area contributed by atoms with Crippen LogP contribution in [0.2, 0.25) is 0 Å². The number of hydrogen-bond acceptors (Lipinski definition) is 4. The smallest absolute Gasteiger partial charge is 0.131 e. The van der Waals surface area contributed by atoms with Crippen LogP contribution in [0.5, 0.6) is 11.5 Å². The molecule has 0 atom stereocenters. The van der Waals surface area contributed by atoms with Crippen molar-refractivity contribution in [2.75, 3.05) is 7.11 Å². The molecule has 0 fully saturated rings. The van der Waals surface area contributed by atoms with E-state index in [4.69, 9.17) is 9.47 Å². The van der Waals surface area contributed by atoms with Crippen LogP contribution in [0.3, 0.4) is 0 Å². The Morgan fingerprint density at radius 2 is 1.68 bits per heavy atom. The van der Waals surface area contributed by atoms with E-state index in [1.54, 1.807) is 18.2 Å². The van der Waals surface area contributed by atoms with Gasteiger partial charge in [0.15, 0.2) is 0 Å². The maximum absolute atomic E-state index is 13.1. The molecule has 2 rings (SSSR count). The first kappa shape index (κ1) is 16.7. The molecular weight excluding hydrogens is 355 g/mol. The number of ether oxygens (including phenoxy) is 2. The molecule has 0 saturated heterocycles. The Hall–Kier alpha value is -1.63. The Balaban J connectivity index is 2.28. The monoisotopic (exact) mass is 370 g/mol. The molecular formula is C16H16BrFO4. The molecule has 0 aliphatic heterocycles. The predicted molar refractivity (Wildman–Crippen MR) is 83.3 cm³/mol. The van der Waals surface area contributed by atoms with E-state index in [1.165, 1.54) is 19.2 Å². The third-order valence-corrected chi connectivity index (χ3v) is 3.92. The molecule has 0 aliphatic rings. The van der Waals surface area contributed by atoms with Gasteiger partial charge in [-0.2, -0.15) is 0 Å². The molecule has 0 aliphatic carbocycles. The lowest BCUT2D eigenvalue weighted by atomic mass is 10.1. The summed E-state index contributed by atoms with van der Waals surface area (Å²) >= 11 is 3.28. The molecule has 2 N–H and O–H groups in total. The van der Waals surface area contributed by atoms with Crippen LogP contribution in [0.4, 0.5) is 4.39 Å². The predicted octanol–water partition coefficient (Wildman–Crippen LogP) is 3.16. The Labute approximate surface area is 136 Å². The second kappa shape index (κ2) is 7.58. The highest BCUT2D eigenvalue weighted by atomic mass is 79.9. The minimum Gasteiger partial charge on any atom is -0.497 e. The van der Waals surface area contributed by atoms with Crippen LogP contribution >= 0.6 is 15.9 Å². The first-order chi connectivity index (χ1) is 10.6. The van der Waals surface area contributed by atoms with Gasteiger partial charge in [0.05, 0.1) is 20.3 Å². The van der Waals surface area contributed by atoms with Crippen molar-refractivity contribution < 1.29 is 24.1 Å². The van der Waals surface area contributed by atoms with Gasteiger partial charge in [-0.3, -0.25) is 0 Å². The van der Waals surface area contributed by atoms with Crippen LogP contribution in [-0.2, 0) is 19.8 Å². The van der Waals surface area contributed by atoms with Crippen molar-refractivity contribution in [1.82, 2.24) is 0 Å². The van der Waals surface area contributed by atoms with Crippen molar-refractivity contribution in [2.24, 2.45) is 0 Å². The molecule has 0 aromatic heterocycles. The highest BCUT2D eigenvalue weighted by molar-refractivity contribution is 9.10. The number of aliphatic hydroxyl groups is 2. The zero-order chi connectivity index (χ0) is 16.1. The number of benzene rings is 2. The minimum atomic E-state index is -0.341. The lowest BCUT2D eigenvalue weighted by Gasteiger charge is -2.16. The molecule has 0 unspecified atom stereocenters. The molecule has 2 aromatic rings. The van der Waals surface area contributed by atoms with E-state index < -0.39 is 0 Å². The van der Waals surface area contributed by atoms with Gasteiger partial charge >= 0.3 is 0 Å². The van der Waals surface area contributed by atoms with Gasteiger partial charge in [0.1, 0.15) is 23.9 Å². The quantitative estimate of drug-likeness (QED) is 0.819. The summed E-state index contributed by atoms with van der Waals surface area (Å²) in [6.07, 6.45) is 0. The van der Waals surface area contributed by atoms with Gasteiger partial charge in [-0.05, 0) is 24.3 Å². The third kappa shape index (κ3) is 3.76. The summed E-state index contributed by atoms with van der Waals surface area (Å²) in [7, 11) is 1.51. The Bertz CT molecular complexity index is 636. The topological polar surface area (TPSA) is 58.9 Å². The molecule has 0 saturated carbocycles. The molecule has 0 radical (unpaired) electrons. The summed E-state index contributed by atoms with van der Waals surface area (Å²) in [5.74, 6) is 0.595. The van der Waals surface area contributed by atoms with Crippen LogP contribution in [0.1, 0.15) is 16.7 Å². The van der Waals surface area contributed by atoms with Crippen molar-refractivity contribution in [3.8, 4) is 11.5 Å². The maximum atomic E-state index is 13.1. The third-order valence-electron chi connectivity index (χ3n) is 3.18. The fraction of sp³-hybridized carbons (Fsp3) is 0.250. The van der Waals surface area contributed by atoms with E-state index in [-0.39, 0.29) is 25.6 Å². The van der Waals surface area contributed by atoms with E-state index in [9.17, 15) is 14.6 Å². The zero-order valence-electron chi connectivity index (χ0n) is 12.0. The first-order valence-corrected chi connectivity index (χ1v) is 7.36. The molecule has 0 amide bonds. The van der Waals surface area contributed by atoms with E-state index in [0.29, 0.717) is 27.1 Å². The van der Waals surface area contributed by atoms with Gasteiger partial charge in [-0.1, -0.05) is 22.0 Å². The van der Waals surface area contributed by atoms with Crippen molar-refractivity contribution >= 4 is 15.9 Å². The molecule has 22 heavy (non-hydrogen) atoms. The van der Waals surface area contributed by atoms with E-state index in [1.807, 2.05) is 0 Å². The normalized spacial score (nSPS) is 10.6. The zero-order valence-corrected chi connectivity index (χ0v) is 13.6. The fourth-order valence-electron chi connectivity index (χ4n) is 2.05. The maximum Gasteiger partial charge on any atom is 0.131 e. The van der Waals surface area contributed by atoms with Crippen LogP contribution in [-0.4, -0.2) is 17.3 Å². The highest BCUT2D eigenvalue weighted by Gasteiger charge is 2.13. The van der Waals surface area contributed by atoms with Gasteiger partial charge in [-0.15, -0.1) is 0 Å². The molecule has 0 heterocycles. The average molecular weight is 371 g/mol. The number of rotatable bonds is 6. The second-order valence-corrected chi connectivity index (χ2v) is 5.47. The van der Waals surface area contributed by atoms with Gasteiger partial charge in [0.25, 0.3) is 0 Å². The number of methoxy groups -OCH3 is 1. The molecule has 6 heteroatoms. The molecule has 118 valence electrons. The largest absolute Gasteiger partial charge is 0.497 e. The molecule has 0 bridgehead atoms. The summed E-state index contributed by atoms with van der Waals surface area (Å²) in [4.78, 5) is 0. The van der Waals surface area contributed by atoms with Crippen LogP contribution < -0.4 is 9.47 Å². The lowest BCUT2D eigenvalue weighted by molar-refractivity contribution is 0.241. The second-order valence-electron chi connectivity index (χ2n) is 4.62. The lowest BCUT2D eigenvalue weighted by Crippen LogP contribution is -2.04. The van der Waals surface area contributed by atoms with Crippen molar-refractivity contribution in [2.45, 2.75) is 19.8 Å². The first-order valence-electron chi connectivity index (χ1n) is 6.57. The minimum absolute atomic E-state index is 0.174. The standard InChI is InChI=1S/C16H16BrFO4/c1-21-14-4-11(7-19)16(12(5-14)8-20)22-9-10-2-3-13(18)6-15(10)17/h2-6,19-20H,7-9H2,1H3. The fourth-order valence-corrected chi connectivity index (χ4v) is 2.51. The van der Waals surface area contributed by atoms with Crippen LogP contribution in [0, 0.1) is 5.82 Å². The highest BCUT2D eigenvalue weighted by Crippen LogP contribution is 2.31. The summed E-state index contributed by atoms with van der Waals surface area (Å²) in [5, 5.41) is 18.9. The SMILES string of the molecule is COc1cc(CO)c(OCc2ccc(F)cc2Br)c(CO)c1. The molecule has 2 aromatic carbocycles. The molecule has 0 spiro atoms. The molecule has 4 nitrogen and oxygen atoms in total. The van der Waals surface area contributed by atoms with E-state index in [0.717, 1.165) is 5.56 Å². The summed E-state index contributed by atoms with van der Waals surface area (Å²) in [5.41, 5.74) is 1.79. The summed E-state index contributed by atoms with van der Waals surface area (Å²) < 4.78 is 24.5. The Kier molecular flexibility index (Phi) is 5.76. The van der Waals surface area contributed by atoms with Crippen LogP contribution in [0.15, 0.2) is 34.8 Å². The van der Waals surface area contributed by atoms with Gasteiger partial charge in [0, 0.05) is 21.2 Å². The number of aliphatic hydroxyl groups excluding tert-OH is 2. The van der Waals surface area contributed by atoms with Crippen LogP contribution in [0.25, 0.3) is 0 Å². The summed E-state index contributed by atoms with van der Waals surface area (Å²) in [6.45, 7) is -0.318. The van der Waals surface area contributed by atoms with Gasteiger partial charge < -0.3 is 19.7 Å². The number of hydrogen-bond donors (Lipinski definition) is 2. The van der Waals surface area contributed by atoms with E-state index >= 15 is 0 Å². The van der Waals surface area contributed by atoms with Crippen molar-refractivity contribution in [1.29, 1.82) is 0 Å². The van der Waals surface area contributed by atoms with Crippen molar-refractivity contribution in [3.63, 3.8) is 0 Å². The Morgan fingerprint density at radius 3 is 2.18 bits per heavy atom. The average Bonchev–Trinajstić information content (AvgIpc) is 2.53. The van der Waals surface area contributed by atoms with E-state index in [2.05, 4.69) is 15.9 Å². The summed E-state index contributed by atoms with van der Waals surface area (Å²) in [6, 6.07) is 7.60. The van der Waals surface area contributed by atoms with Gasteiger partial charge in [0.2, 0.25) is 0 Å². The number of halogens is 2. The van der Waals surface area contributed by atoms with Crippen molar-refractivity contribution in [3.05, 3.63) is 57.3 Å². The van der Waals surface area contributed by atoms with Gasteiger partial charge in [-0.25, -0.2) is 4.39 Å². The Morgan fingerprint density at radius 1 is 1.05 bits per heavy atom.